The molecular weight excluding hydrogens is 302 g/mol. The lowest BCUT2D eigenvalue weighted by molar-refractivity contribution is 0.0511. The number of β-amino-alcohol motifs (C(OH)–C–C–N with tert-alkyl or cyclic N) is 1. The van der Waals surface area contributed by atoms with Gasteiger partial charge >= 0.3 is 0 Å². The third-order valence-electron chi connectivity index (χ3n) is 5.12. The highest BCUT2D eigenvalue weighted by Crippen LogP contribution is 2.20. The van der Waals surface area contributed by atoms with Crippen molar-refractivity contribution < 1.29 is 9.84 Å². The van der Waals surface area contributed by atoms with Crippen LogP contribution in [0.15, 0.2) is 18.5 Å². The van der Waals surface area contributed by atoms with Crippen LogP contribution in [0.1, 0.15) is 24.0 Å². The first-order chi connectivity index (χ1) is 11.6. The summed E-state index contributed by atoms with van der Waals surface area (Å²) in [7, 11) is 1.77. The van der Waals surface area contributed by atoms with E-state index < -0.39 is 0 Å². The quantitative estimate of drug-likeness (QED) is 0.883. The molecule has 2 aromatic rings. The van der Waals surface area contributed by atoms with Gasteiger partial charge in [-0.3, -0.25) is 0 Å². The highest BCUT2D eigenvalue weighted by Gasteiger charge is 2.22. The summed E-state index contributed by atoms with van der Waals surface area (Å²) in [4.78, 5) is 6.85. The van der Waals surface area contributed by atoms with Crippen LogP contribution < -0.4 is 0 Å². The molecule has 0 radical (unpaired) electrons. The van der Waals surface area contributed by atoms with E-state index in [9.17, 15) is 5.11 Å². The van der Waals surface area contributed by atoms with Gasteiger partial charge in [0.25, 0.3) is 0 Å². The van der Waals surface area contributed by atoms with Crippen LogP contribution in [0.2, 0.25) is 0 Å². The molecule has 1 aliphatic heterocycles. The van der Waals surface area contributed by atoms with Gasteiger partial charge in [-0.2, -0.15) is 0 Å². The summed E-state index contributed by atoms with van der Waals surface area (Å²) in [5, 5.41) is 10.6. The van der Waals surface area contributed by atoms with Gasteiger partial charge in [-0.1, -0.05) is 0 Å². The zero-order valence-electron chi connectivity index (χ0n) is 15.0. The van der Waals surface area contributed by atoms with Crippen molar-refractivity contribution in [3.63, 3.8) is 0 Å². The standard InChI is InChI=1S/C19H29N3O2/c1-14-7-18-19(8-15(14)2)22(13-20-18)11-17(23)10-21-6-4-5-16(9-21)12-24-3/h7-8,13,16-17,23H,4-6,9-12H2,1-3H3. The molecule has 24 heavy (non-hydrogen) atoms. The number of likely N-dealkylation sites (tertiary alicyclic amines) is 1. The number of aliphatic hydroxyl groups excluding tert-OH is 1. The number of piperidine rings is 1. The fourth-order valence-corrected chi connectivity index (χ4v) is 3.73. The Hall–Kier alpha value is -1.43. The summed E-state index contributed by atoms with van der Waals surface area (Å²) in [5.74, 6) is 0.593. The second-order valence-corrected chi connectivity index (χ2v) is 7.20. The van der Waals surface area contributed by atoms with Crippen molar-refractivity contribution in [2.24, 2.45) is 5.92 Å². The lowest BCUT2D eigenvalue weighted by Crippen LogP contribution is -2.42. The maximum Gasteiger partial charge on any atom is 0.0959 e. The van der Waals surface area contributed by atoms with Gasteiger partial charge < -0.3 is 19.3 Å². The van der Waals surface area contributed by atoms with Gasteiger partial charge in [-0.25, -0.2) is 4.98 Å². The number of hydrogen-bond acceptors (Lipinski definition) is 4. The van der Waals surface area contributed by atoms with Crippen LogP contribution in [-0.2, 0) is 11.3 Å². The molecule has 0 bridgehead atoms. The van der Waals surface area contributed by atoms with Gasteiger partial charge in [0.1, 0.15) is 0 Å². The zero-order valence-corrected chi connectivity index (χ0v) is 15.0. The summed E-state index contributed by atoms with van der Waals surface area (Å²) >= 11 is 0. The van der Waals surface area contributed by atoms with Crippen molar-refractivity contribution in [1.82, 2.24) is 14.5 Å². The number of aromatic nitrogens is 2. The van der Waals surface area contributed by atoms with Gasteiger partial charge in [-0.05, 0) is 62.4 Å². The molecule has 2 unspecified atom stereocenters. The van der Waals surface area contributed by atoms with Gasteiger partial charge in [0.05, 0.1) is 36.6 Å². The van der Waals surface area contributed by atoms with E-state index in [0.717, 1.165) is 30.7 Å². The Balaban J connectivity index is 1.62. The lowest BCUT2D eigenvalue weighted by Gasteiger charge is -2.33. The summed E-state index contributed by atoms with van der Waals surface area (Å²) in [6, 6.07) is 4.29. The second kappa shape index (κ2) is 7.64. The average molecular weight is 331 g/mol. The first-order valence-electron chi connectivity index (χ1n) is 8.88. The zero-order chi connectivity index (χ0) is 17.1. The van der Waals surface area contributed by atoms with Crippen molar-refractivity contribution in [2.75, 3.05) is 33.4 Å². The van der Waals surface area contributed by atoms with Crippen LogP contribution in [-0.4, -0.2) is 59.0 Å². The smallest absolute Gasteiger partial charge is 0.0959 e. The van der Waals surface area contributed by atoms with E-state index >= 15 is 0 Å². The van der Waals surface area contributed by atoms with Gasteiger partial charge in [0.2, 0.25) is 0 Å². The van der Waals surface area contributed by atoms with E-state index in [4.69, 9.17) is 4.74 Å². The third kappa shape index (κ3) is 3.97. The van der Waals surface area contributed by atoms with E-state index in [-0.39, 0.29) is 6.10 Å². The summed E-state index contributed by atoms with van der Waals surface area (Å²) in [5.41, 5.74) is 4.62. The molecule has 1 fully saturated rings. The molecule has 1 aliphatic rings. The van der Waals surface area contributed by atoms with Crippen molar-refractivity contribution in [2.45, 2.75) is 39.3 Å². The molecule has 0 spiro atoms. The van der Waals surface area contributed by atoms with Crippen LogP contribution in [0.5, 0.6) is 0 Å². The molecule has 3 rings (SSSR count). The molecular formula is C19H29N3O2. The van der Waals surface area contributed by atoms with Crippen LogP contribution in [0.4, 0.5) is 0 Å². The minimum atomic E-state index is -0.384. The molecule has 5 heteroatoms. The first kappa shape index (κ1) is 17.4. The largest absolute Gasteiger partial charge is 0.390 e. The molecule has 2 heterocycles. The molecule has 5 nitrogen and oxygen atoms in total. The number of aryl methyl sites for hydroxylation is 2. The Labute approximate surface area is 144 Å². The predicted molar refractivity (Wildman–Crippen MR) is 96.3 cm³/mol. The Morgan fingerprint density at radius 3 is 2.88 bits per heavy atom. The van der Waals surface area contributed by atoms with Gasteiger partial charge in [0, 0.05) is 20.2 Å². The SMILES string of the molecule is COCC1CCCN(CC(O)Cn2cnc3cc(C)c(C)cc32)C1. The number of methoxy groups -OCH3 is 1. The first-order valence-corrected chi connectivity index (χ1v) is 8.88. The summed E-state index contributed by atoms with van der Waals surface area (Å²) in [6.07, 6.45) is 3.88. The molecule has 2 atom stereocenters. The number of benzene rings is 1. The van der Waals surface area contributed by atoms with E-state index in [2.05, 4.69) is 40.4 Å². The highest BCUT2D eigenvalue weighted by molar-refractivity contribution is 5.77. The van der Waals surface area contributed by atoms with E-state index in [1.165, 1.54) is 24.0 Å². The number of aliphatic hydroxyl groups is 1. The number of hydrogen-bond donors (Lipinski definition) is 1. The van der Waals surface area contributed by atoms with E-state index in [1.54, 1.807) is 7.11 Å². The average Bonchev–Trinajstić information content (AvgIpc) is 2.90. The fraction of sp³-hybridized carbons (Fsp3) is 0.632. The maximum absolute atomic E-state index is 10.6. The predicted octanol–water partition coefficient (Wildman–Crippen LogP) is 2.37. The number of rotatable bonds is 6. The van der Waals surface area contributed by atoms with Gasteiger partial charge in [-0.15, -0.1) is 0 Å². The topological polar surface area (TPSA) is 50.5 Å². The van der Waals surface area contributed by atoms with Crippen molar-refractivity contribution >= 4 is 11.0 Å². The molecule has 0 amide bonds. The second-order valence-electron chi connectivity index (χ2n) is 7.20. The van der Waals surface area contributed by atoms with E-state index in [1.807, 2.05) is 6.33 Å². The van der Waals surface area contributed by atoms with Crippen molar-refractivity contribution in [1.29, 1.82) is 0 Å². The molecule has 0 aliphatic carbocycles. The molecule has 1 saturated heterocycles. The minimum absolute atomic E-state index is 0.384. The Morgan fingerprint density at radius 1 is 1.29 bits per heavy atom. The normalized spacial score (nSPS) is 20.6. The molecule has 1 N–H and O–H groups in total. The lowest BCUT2D eigenvalue weighted by atomic mass is 9.99. The molecule has 1 aromatic heterocycles. The van der Waals surface area contributed by atoms with Crippen LogP contribution in [0, 0.1) is 19.8 Å². The van der Waals surface area contributed by atoms with E-state index in [0.29, 0.717) is 19.0 Å². The molecule has 0 saturated carbocycles. The van der Waals surface area contributed by atoms with Crippen molar-refractivity contribution in [3.8, 4) is 0 Å². The Kier molecular flexibility index (Phi) is 5.54. The monoisotopic (exact) mass is 331 g/mol. The summed E-state index contributed by atoms with van der Waals surface area (Å²) in [6.45, 7) is 8.43. The van der Waals surface area contributed by atoms with Crippen LogP contribution >= 0.6 is 0 Å². The number of ether oxygens (including phenoxy) is 1. The van der Waals surface area contributed by atoms with Crippen LogP contribution in [0.25, 0.3) is 11.0 Å². The highest BCUT2D eigenvalue weighted by atomic mass is 16.5. The fourth-order valence-electron chi connectivity index (χ4n) is 3.73. The van der Waals surface area contributed by atoms with Crippen LogP contribution in [0.3, 0.4) is 0 Å². The molecule has 132 valence electrons. The maximum atomic E-state index is 10.6. The molecule has 1 aromatic carbocycles. The number of imidazole rings is 1. The summed E-state index contributed by atoms with van der Waals surface area (Å²) < 4.78 is 7.36. The minimum Gasteiger partial charge on any atom is -0.390 e. The number of nitrogens with zero attached hydrogens (tertiary/aromatic N) is 3. The number of fused-ring (bicyclic) bond motifs is 1. The third-order valence-corrected chi connectivity index (χ3v) is 5.12. The Morgan fingerprint density at radius 2 is 2.08 bits per heavy atom. The van der Waals surface area contributed by atoms with Gasteiger partial charge in [0.15, 0.2) is 0 Å². The van der Waals surface area contributed by atoms with Crippen molar-refractivity contribution in [3.05, 3.63) is 29.6 Å². The Bertz CT molecular complexity index is 681.